The lowest BCUT2D eigenvalue weighted by molar-refractivity contribution is 0.00578. The number of imidazole rings is 1. The van der Waals surface area contributed by atoms with Gasteiger partial charge in [-0.15, -0.1) is 0 Å². The highest BCUT2D eigenvalue weighted by molar-refractivity contribution is 6.62. The predicted octanol–water partition coefficient (Wildman–Crippen LogP) is 3.63. The molecule has 7 rings (SSSR count). The Hall–Kier alpha value is -3.04. The molecule has 2 aromatic carbocycles. The highest BCUT2D eigenvalue weighted by Crippen LogP contribution is 2.49. The summed E-state index contributed by atoms with van der Waals surface area (Å²) in [5, 5.41) is 4.50. The van der Waals surface area contributed by atoms with Crippen LogP contribution in [0.1, 0.15) is 57.6 Å². The first kappa shape index (κ1) is 19.4. The van der Waals surface area contributed by atoms with Crippen LogP contribution >= 0.6 is 0 Å². The van der Waals surface area contributed by atoms with Gasteiger partial charge in [0, 0.05) is 17.5 Å². The molecule has 0 unspecified atom stereocenters. The van der Waals surface area contributed by atoms with Crippen molar-refractivity contribution in [3.05, 3.63) is 59.9 Å². The lowest BCUT2D eigenvalue weighted by Crippen LogP contribution is -2.41. The van der Waals surface area contributed by atoms with E-state index in [0.717, 1.165) is 27.9 Å². The first-order chi connectivity index (χ1) is 15.7. The lowest BCUT2D eigenvalue weighted by atomic mass is 9.79. The number of benzene rings is 2. The number of halogens is 1. The molecule has 4 aromatic rings. The van der Waals surface area contributed by atoms with Crippen LogP contribution in [0.5, 0.6) is 0 Å². The summed E-state index contributed by atoms with van der Waals surface area (Å²) in [6, 6.07) is 11.0. The third kappa shape index (κ3) is 2.44. The van der Waals surface area contributed by atoms with Crippen LogP contribution in [0.4, 0.5) is 4.39 Å². The molecule has 2 atom stereocenters. The van der Waals surface area contributed by atoms with Gasteiger partial charge in [0.05, 0.1) is 28.3 Å². The van der Waals surface area contributed by atoms with Gasteiger partial charge in [-0.25, -0.2) is 19.0 Å². The van der Waals surface area contributed by atoms with Crippen LogP contribution in [0.25, 0.3) is 22.4 Å². The molecule has 1 fully saturated rings. The average molecular weight is 443 g/mol. The molecule has 166 valence electrons. The second kappa shape index (κ2) is 6.09. The van der Waals surface area contributed by atoms with E-state index in [1.165, 1.54) is 12.4 Å². The number of aromatic nitrogens is 5. The maximum atomic E-state index is 15.3. The molecule has 0 aliphatic carbocycles. The predicted molar refractivity (Wildman–Crippen MR) is 122 cm³/mol. The fourth-order valence-electron chi connectivity index (χ4n) is 5.44. The highest BCUT2D eigenvalue weighted by Gasteiger charge is 2.52. The second-order valence-electron chi connectivity index (χ2n) is 10.2. The van der Waals surface area contributed by atoms with Gasteiger partial charge >= 0.3 is 7.12 Å². The number of hydrogen-bond acceptors (Lipinski definition) is 5. The maximum absolute atomic E-state index is 15.3. The van der Waals surface area contributed by atoms with Gasteiger partial charge in [-0.3, -0.25) is 0 Å². The van der Waals surface area contributed by atoms with Crippen molar-refractivity contribution in [1.82, 2.24) is 24.3 Å². The van der Waals surface area contributed by atoms with E-state index in [2.05, 4.69) is 20.7 Å². The summed E-state index contributed by atoms with van der Waals surface area (Å²) in [5.74, 6) is 1.33. The van der Waals surface area contributed by atoms with Crippen LogP contribution in [0.15, 0.2) is 42.7 Å². The van der Waals surface area contributed by atoms with Crippen molar-refractivity contribution in [2.45, 2.75) is 57.4 Å². The highest BCUT2D eigenvalue weighted by atomic mass is 19.1. The third-order valence-electron chi connectivity index (χ3n) is 7.82. The topological polar surface area (TPSA) is 67.0 Å². The fourth-order valence-corrected chi connectivity index (χ4v) is 5.44. The molecule has 1 saturated heterocycles. The van der Waals surface area contributed by atoms with Crippen molar-refractivity contribution in [3.63, 3.8) is 0 Å². The van der Waals surface area contributed by atoms with Gasteiger partial charge in [0.2, 0.25) is 0 Å². The van der Waals surface area contributed by atoms with Gasteiger partial charge in [-0.05, 0) is 51.4 Å². The summed E-state index contributed by atoms with van der Waals surface area (Å²) in [5.41, 5.74) is 3.32. The molecule has 2 bridgehead atoms. The van der Waals surface area contributed by atoms with Gasteiger partial charge in [0.1, 0.15) is 24.0 Å². The number of hydrogen-bond donors (Lipinski definition) is 0. The Morgan fingerprint density at radius 2 is 1.85 bits per heavy atom. The minimum absolute atomic E-state index is 0.105. The minimum Gasteiger partial charge on any atom is -0.399 e. The summed E-state index contributed by atoms with van der Waals surface area (Å²) >= 11 is 0. The molecule has 33 heavy (non-hydrogen) atoms. The van der Waals surface area contributed by atoms with Crippen LogP contribution < -0.4 is 5.46 Å². The van der Waals surface area contributed by atoms with Crippen molar-refractivity contribution in [1.29, 1.82) is 0 Å². The van der Waals surface area contributed by atoms with Crippen molar-refractivity contribution < 1.29 is 13.7 Å². The Morgan fingerprint density at radius 3 is 2.64 bits per heavy atom. The largest absolute Gasteiger partial charge is 0.494 e. The summed E-state index contributed by atoms with van der Waals surface area (Å²) in [6.45, 7) is 8.18. The Morgan fingerprint density at radius 1 is 1.06 bits per heavy atom. The lowest BCUT2D eigenvalue weighted by Gasteiger charge is -2.32. The van der Waals surface area contributed by atoms with Gasteiger partial charge in [0.25, 0.3) is 0 Å². The zero-order valence-electron chi connectivity index (χ0n) is 18.9. The Kier molecular flexibility index (Phi) is 3.59. The number of fused-ring (bicyclic) bond motifs is 6. The van der Waals surface area contributed by atoms with Crippen molar-refractivity contribution in [3.8, 4) is 11.4 Å². The van der Waals surface area contributed by atoms with Crippen LogP contribution in [-0.2, 0) is 9.31 Å². The zero-order valence-corrected chi connectivity index (χ0v) is 18.9. The first-order valence-corrected chi connectivity index (χ1v) is 11.3. The van der Waals surface area contributed by atoms with E-state index in [1.807, 2.05) is 50.6 Å². The molecule has 5 heterocycles. The molecule has 2 aromatic heterocycles. The quantitative estimate of drug-likeness (QED) is 0.421. The van der Waals surface area contributed by atoms with E-state index in [9.17, 15) is 0 Å². The molecule has 7 nitrogen and oxygen atoms in total. The number of nitrogens with zero attached hydrogens (tertiary/aromatic N) is 5. The van der Waals surface area contributed by atoms with Crippen LogP contribution in [0.3, 0.4) is 0 Å². The normalized spacial score (nSPS) is 24.0. The first-order valence-electron chi connectivity index (χ1n) is 11.3. The molecule has 0 radical (unpaired) electrons. The summed E-state index contributed by atoms with van der Waals surface area (Å²) in [6.07, 6.45) is 2.22. The molecule has 0 saturated carbocycles. The molecule has 3 aliphatic heterocycles. The monoisotopic (exact) mass is 443 g/mol. The maximum Gasteiger partial charge on any atom is 0.494 e. The van der Waals surface area contributed by atoms with Crippen molar-refractivity contribution >= 4 is 23.6 Å². The number of rotatable bonds is 1. The smallest absolute Gasteiger partial charge is 0.399 e. The molecular weight excluding hydrogens is 420 g/mol. The van der Waals surface area contributed by atoms with Crippen LogP contribution in [0, 0.1) is 5.82 Å². The molecule has 0 spiro atoms. The summed E-state index contributed by atoms with van der Waals surface area (Å²) < 4.78 is 31.9. The minimum atomic E-state index is -0.472. The Labute approximate surface area is 190 Å². The SMILES string of the molecule is CC1(C)OB(c2ccc3nc4n(c3c2)[C@H]2C[C@@H]4n3ncnc3-c3cccc(F)c32)OC1(C)C. The van der Waals surface area contributed by atoms with Crippen molar-refractivity contribution in [2.75, 3.05) is 0 Å². The standard InChI is InChI=1S/C24H23BFN5O2/c1-23(2)24(3,4)33-25(32-23)13-8-9-16-17(10-13)30-18-11-19(22(30)29-16)31-21(27-12-28-31)14-6-5-7-15(26)20(14)18/h5-10,12,18-19H,11H2,1-4H3/t18-,19-/m0/s1. The second-order valence-corrected chi connectivity index (χ2v) is 10.2. The van der Waals surface area contributed by atoms with Crippen LogP contribution in [0.2, 0.25) is 0 Å². The molecule has 3 aliphatic rings. The fraction of sp³-hybridized carbons (Fsp3) is 0.375. The summed E-state index contributed by atoms with van der Waals surface area (Å²) in [7, 11) is -0.472. The Bertz CT molecular complexity index is 1440. The van der Waals surface area contributed by atoms with Crippen LogP contribution in [-0.4, -0.2) is 42.6 Å². The van der Waals surface area contributed by atoms with Gasteiger partial charge in [-0.1, -0.05) is 18.2 Å². The molecular formula is C24H23BFN5O2. The third-order valence-corrected chi connectivity index (χ3v) is 7.82. The Balaban J connectivity index is 1.44. The zero-order chi connectivity index (χ0) is 22.7. The van der Waals surface area contributed by atoms with Gasteiger partial charge < -0.3 is 13.9 Å². The van der Waals surface area contributed by atoms with E-state index in [0.29, 0.717) is 17.8 Å². The van der Waals surface area contributed by atoms with E-state index in [-0.39, 0.29) is 17.9 Å². The molecule has 9 heteroatoms. The average Bonchev–Trinajstić information content (AvgIpc) is 3.48. The molecule has 0 N–H and O–H groups in total. The van der Waals surface area contributed by atoms with E-state index >= 15 is 4.39 Å². The van der Waals surface area contributed by atoms with E-state index in [1.54, 1.807) is 6.07 Å². The molecule has 0 amide bonds. The van der Waals surface area contributed by atoms with E-state index in [4.69, 9.17) is 14.3 Å². The summed E-state index contributed by atoms with van der Waals surface area (Å²) in [4.78, 5) is 9.41. The van der Waals surface area contributed by atoms with E-state index < -0.39 is 18.3 Å². The van der Waals surface area contributed by atoms with Crippen molar-refractivity contribution in [2.24, 2.45) is 0 Å². The van der Waals surface area contributed by atoms with Gasteiger partial charge in [0.15, 0.2) is 5.82 Å². The van der Waals surface area contributed by atoms with Gasteiger partial charge in [-0.2, -0.15) is 5.10 Å².